The van der Waals surface area contributed by atoms with E-state index in [0.29, 0.717) is 12.3 Å². The van der Waals surface area contributed by atoms with Gasteiger partial charge in [0.25, 0.3) is 0 Å². The van der Waals surface area contributed by atoms with Gasteiger partial charge >= 0.3 is 0 Å². The van der Waals surface area contributed by atoms with E-state index in [-0.39, 0.29) is 5.91 Å². The van der Waals surface area contributed by atoms with Crippen molar-refractivity contribution in [1.29, 1.82) is 0 Å². The molecular formula is C10H13NO. The average molecular weight is 163 g/mol. The van der Waals surface area contributed by atoms with E-state index in [1.165, 1.54) is 5.57 Å². The third-order valence-electron chi connectivity index (χ3n) is 2.46. The summed E-state index contributed by atoms with van der Waals surface area (Å²) in [5.41, 5.74) is 2.26. The number of fused-ring (bicyclic) bond motifs is 1. The predicted molar refractivity (Wildman–Crippen MR) is 47.3 cm³/mol. The van der Waals surface area contributed by atoms with Crippen molar-refractivity contribution in [3.8, 4) is 0 Å². The van der Waals surface area contributed by atoms with Crippen LogP contribution in [0.2, 0.25) is 0 Å². The maximum absolute atomic E-state index is 11.0. The molecule has 0 bridgehead atoms. The first-order valence-electron chi connectivity index (χ1n) is 4.45. The fourth-order valence-corrected chi connectivity index (χ4v) is 1.67. The minimum absolute atomic E-state index is 0.141. The summed E-state index contributed by atoms with van der Waals surface area (Å²) in [6.07, 6.45) is 7.11. The second-order valence-electron chi connectivity index (χ2n) is 3.65. The first-order valence-corrected chi connectivity index (χ1v) is 4.45. The first-order chi connectivity index (χ1) is 5.75. The van der Waals surface area contributed by atoms with Crippen LogP contribution in [-0.4, -0.2) is 5.91 Å². The van der Waals surface area contributed by atoms with Crippen LogP contribution in [0.15, 0.2) is 23.4 Å². The van der Waals surface area contributed by atoms with E-state index in [1.54, 1.807) is 0 Å². The highest BCUT2D eigenvalue weighted by Gasteiger charge is 2.21. The standard InChI is InChI=1S/C10H13NO/c1-7-2-4-8-6-10(12)11-9(8)5-3-7/h4-5,7H,2-3,6H2,1H3,(H,11,12). The number of carbonyl (C=O) groups excluding carboxylic acids is 1. The lowest BCUT2D eigenvalue weighted by Gasteiger charge is -2.01. The summed E-state index contributed by atoms with van der Waals surface area (Å²) in [6, 6.07) is 0. The van der Waals surface area contributed by atoms with Crippen molar-refractivity contribution in [3.05, 3.63) is 23.4 Å². The summed E-state index contributed by atoms with van der Waals surface area (Å²) in [7, 11) is 0. The molecule has 2 heteroatoms. The zero-order valence-electron chi connectivity index (χ0n) is 7.26. The smallest absolute Gasteiger partial charge is 0.228 e. The Morgan fingerprint density at radius 3 is 3.00 bits per heavy atom. The molecule has 1 amide bonds. The summed E-state index contributed by atoms with van der Waals surface area (Å²) >= 11 is 0. The molecule has 64 valence electrons. The van der Waals surface area contributed by atoms with Gasteiger partial charge in [0.05, 0.1) is 6.42 Å². The predicted octanol–water partition coefficient (Wildman–Crippen LogP) is 1.75. The molecule has 2 nitrogen and oxygen atoms in total. The van der Waals surface area contributed by atoms with E-state index in [9.17, 15) is 4.79 Å². The highest BCUT2D eigenvalue weighted by molar-refractivity contribution is 5.86. The summed E-state index contributed by atoms with van der Waals surface area (Å²) in [6.45, 7) is 2.23. The maximum Gasteiger partial charge on any atom is 0.228 e. The summed E-state index contributed by atoms with van der Waals surface area (Å²) in [4.78, 5) is 11.0. The van der Waals surface area contributed by atoms with Crippen LogP contribution in [0.3, 0.4) is 0 Å². The maximum atomic E-state index is 11.0. The number of carbonyl (C=O) groups is 1. The molecule has 1 aliphatic heterocycles. The Bertz CT molecular complexity index is 250. The molecule has 0 saturated carbocycles. The Hall–Kier alpha value is -1.05. The lowest BCUT2D eigenvalue weighted by atomic mass is 10.1. The van der Waals surface area contributed by atoms with Gasteiger partial charge in [0.15, 0.2) is 0 Å². The van der Waals surface area contributed by atoms with Crippen molar-refractivity contribution in [2.75, 3.05) is 0 Å². The molecular weight excluding hydrogens is 150 g/mol. The number of nitrogens with one attached hydrogen (secondary N) is 1. The number of hydrogen-bond acceptors (Lipinski definition) is 1. The van der Waals surface area contributed by atoms with Crippen molar-refractivity contribution < 1.29 is 4.79 Å². The average Bonchev–Trinajstić information content (AvgIpc) is 2.31. The quantitative estimate of drug-likeness (QED) is 0.579. The van der Waals surface area contributed by atoms with Gasteiger partial charge in [-0.3, -0.25) is 4.79 Å². The number of amides is 1. The summed E-state index contributed by atoms with van der Waals surface area (Å²) in [5.74, 6) is 0.856. The molecule has 0 spiro atoms. The molecule has 1 N–H and O–H groups in total. The van der Waals surface area contributed by atoms with Crippen molar-refractivity contribution >= 4 is 5.91 Å². The Labute approximate surface area is 72.3 Å². The Balaban J connectivity index is 2.26. The highest BCUT2D eigenvalue weighted by Crippen LogP contribution is 2.26. The van der Waals surface area contributed by atoms with Crippen LogP contribution in [0.25, 0.3) is 0 Å². The molecule has 0 aromatic heterocycles. The molecule has 2 rings (SSSR count). The number of hydrogen-bond donors (Lipinski definition) is 1. The van der Waals surface area contributed by atoms with Gasteiger partial charge in [-0.15, -0.1) is 0 Å². The molecule has 0 radical (unpaired) electrons. The third kappa shape index (κ3) is 1.29. The summed E-state index contributed by atoms with van der Waals surface area (Å²) < 4.78 is 0. The minimum atomic E-state index is 0.141. The van der Waals surface area contributed by atoms with E-state index >= 15 is 0 Å². The van der Waals surface area contributed by atoms with E-state index in [0.717, 1.165) is 18.5 Å². The van der Waals surface area contributed by atoms with Crippen LogP contribution in [-0.2, 0) is 4.79 Å². The third-order valence-corrected chi connectivity index (χ3v) is 2.46. The molecule has 2 aliphatic rings. The van der Waals surface area contributed by atoms with E-state index < -0.39 is 0 Å². The molecule has 12 heavy (non-hydrogen) atoms. The number of rotatable bonds is 0. The monoisotopic (exact) mass is 163 g/mol. The highest BCUT2D eigenvalue weighted by atomic mass is 16.1. The molecule has 0 aromatic rings. The van der Waals surface area contributed by atoms with Crippen molar-refractivity contribution in [1.82, 2.24) is 5.32 Å². The molecule has 1 heterocycles. The summed E-state index contributed by atoms with van der Waals surface area (Å²) in [5, 5.41) is 2.87. The molecule has 1 aliphatic carbocycles. The Morgan fingerprint density at radius 2 is 2.17 bits per heavy atom. The van der Waals surface area contributed by atoms with E-state index in [1.807, 2.05) is 0 Å². The van der Waals surface area contributed by atoms with Gasteiger partial charge in [0, 0.05) is 5.70 Å². The van der Waals surface area contributed by atoms with Gasteiger partial charge in [0.2, 0.25) is 5.91 Å². The van der Waals surface area contributed by atoms with Crippen molar-refractivity contribution in [2.45, 2.75) is 26.2 Å². The fraction of sp³-hybridized carbons (Fsp3) is 0.500. The van der Waals surface area contributed by atoms with Gasteiger partial charge < -0.3 is 5.32 Å². The Morgan fingerprint density at radius 1 is 1.42 bits per heavy atom. The molecule has 1 saturated heterocycles. The van der Waals surface area contributed by atoms with E-state index in [4.69, 9.17) is 0 Å². The largest absolute Gasteiger partial charge is 0.326 e. The minimum Gasteiger partial charge on any atom is -0.326 e. The van der Waals surface area contributed by atoms with Crippen LogP contribution in [0.5, 0.6) is 0 Å². The topological polar surface area (TPSA) is 29.1 Å². The van der Waals surface area contributed by atoms with Crippen LogP contribution in [0.1, 0.15) is 26.2 Å². The number of allylic oxidation sites excluding steroid dienone is 3. The Kier molecular flexibility index (Phi) is 1.75. The van der Waals surface area contributed by atoms with Crippen LogP contribution < -0.4 is 5.32 Å². The van der Waals surface area contributed by atoms with Gasteiger partial charge in [-0.05, 0) is 24.3 Å². The van der Waals surface area contributed by atoms with Gasteiger partial charge in [-0.2, -0.15) is 0 Å². The second-order valence-corrected chi connectivity index (χ2v) is 3.65. The van der Waals surface area contributed by atoms with Gasteiger partial charge in [-0.1, -0.05) is 19.1 Å². The lowest BCUT2D eigenvalue weighted by molar-refractivity contribution is -0.118. The van der Waals surface area contributed by atoms with Crippen molar-refractivity contribution in [2.24, 2.45) is 5.92 Å². The molecule has 1 atom stereocenters. The van der Waals surface area contributed by atoms with Crippen LogP contribution in [0, 0.1) is 5.92 Å². The van der Waals surface area contributed by atoms with Crippen LogP contribution in [0.4, 0.5) is 0 Å². The SMILES string of the molecule is CC1CC=C2CC(=O)NC2=CC1. The van der Waals surface area contributed by atoms with Gasteiger partial charge in [0.1, 0.15) is 0 Å². The van der Waals surface area contributed by atoms with E-state index in [2.05, 4.69) is 24.4 Å². The first kappa shape index (κ1) is 7.59. The normalized spacial score (nSPS) is 28.4. The lowest BCUT2D eigenvalue weighted by Crippen LogP contribution is -2.11. The van der Waals surface area contributed by atoms with Crippen molar-refractivity contribution in [3.63, 3.8) is 0 Å². The zero-order chi connectivity index (χ0) is 8.55. The zero-order valence-corrected chi connectivity index (χ0v) is 7.26. The second kappa shape index (κ2) is 2.77. The molecule has 1 fully saturated rings. The van der Waals surface area contributed by atoms with Gasteiger partial charge in [-0.25, -0.2) is 0 Å². The fourth-order valence-electron chi connectivity index (χ4n) is 1.67. The van der Waals surface area contributed by atoms with Crippen LogP contribution >= 0.6 is 0 Å². The molecule has 0 aromatic carbocycles. The molecule has 1 unspecified atom stereocenters.